The van der Waals surface area contributed by atoms with Crippen LogP contribution in [0.15, 0.2) is 18.2 Å². The molecule has 0 bridgehead atoms. The van der Waals surface area contributed by atoms with Gasteiger partial charge in [-0.2, -0.15) is 0 Å². The number of nitrogens with two attached hydrogens (primary N) is 1. The van der Waals surface area contributed by atoms with Gasteiger partial charge >= 0.3 is 0 Å². The van der Waals surface area contributed by atoms with E-state index in [4.69, 9.17) is 10.5 Å². The van der Waals surface area contributed by atoms with Gasteiger partial charge in [0.05, 0.1) is 18.8 Å². The highest BCUT2D eigenvalue weighted by Crippen LogP contribution is 2.27. The molecule has 0 unspecified atom stereocenters. The molecular formula is C11H16ClNO. The van der Waals surface area contributed by atoms with Crippen molar-refractivity contribution in [3.63, 3.8) is 0 Å². The summed E-state index contributed by atoms with van der Waals surface area (Å²) in [5.74, 6) is 0. The van der Waals surface area contributed by atoms with Crippen molar-refractivity contribution in [2.75, 3.05) is 0 Å². The van der Waals surface area contributed by atoms with Crippen LogP contribution in [0.25, 0.3) is 0 Å². The molecule has 1 aromatic rings. The van der Waals surface area contributed by atoms with Crippen molar-refractivity contribution in [2.45, 2.75) is 32.6 Å². The van der Waals surface area contributed by atoms with Crippen LogP contribution >= 0.6 is 12.4 Å². The Morgan fingerprint density at radius 2 is 2.14 bits per heavy atom. The summed E-state index contributed by atoms with van der Waals surface area (Å²) < 4.78 is 5.53. The van der Waals surface area contributed by atoms with E-state index in [2.05, 4.69) is 25.1 Å². The lowest BCUT2D eigenvalue weighted by Gasteiger charge is -2.29. The quantitative estimate of drug-likeness (QED) is 0.718. The fraction of sp³-hybridized carbons (Fsp3) is 0.455. The molecule has 0 aromatic heterocycles. The molecule has 0 spiro atoms. The van der Waals surface area contributed by atoms with Crippen molar-refractivity contribution in [1.82, 2.24) is 0 Å². The number of rotatable bonds is 0. The first-order valence-corrected chi connectivity index (χ1v) is 4.65. The Morgan fingerprint density at radius 1 is 1.43 bits per heavy atom. The van der Waals surface area contributed by atoms with Gasteiger partial charge in [0.15, 0.2) is 0 Å². The predicted molar refractivity (Wildman–Crippen MR) is 59.6 cm³/mol. The molecule has 2 nitrogen and oxygen atoms in total. The standard InChI is InChI=1S/C11H15NO.ClH/c1-7-3-4-9-6-13-8(2)11(12)10(9)5-7;/h3-5,8,11H,6,12H2,1-2H3;1H/t8-,11-;/m0./s1. The third-order valence-electron chi connectivity index (χ3n) is 2.67. The second-order valence-electron chi connectivity index (χ2n) is 3.74. The van der Waals surface area contributed by atoms with Gasteiger partial charge in [0, 0.05) is 0 Å². The first-order chi connectivity index (χ1) is 6.18. The highest BCUT2D eigenvalue weighted by Gasteiger charge is 2.23. The zero-order chi connectivity index (χ0) is 9.42. The van der Waals surface area contributed by atoms with Crippen molar-refractivity contribution < 1.29 is 4.74 Å². The van der Waals surface area contributed by atoms with E-state index in [1.165, 1.54) is 16.7 Å². The van der Waals surface area contributed by atoms with Crippen LogP contribution in [-0.4, -0.2) is 6.10 Å². The number of hydrogen-bond acceptors (Lipinski definition) is 2. The normalized spacial score (nSPS) is 25.1. The third kappa shape index (κ3) is 1.92. The van der Waals surface area contributed by atoms with Crippen molar-refractivity contribution >= 4 is 12.4 Å². The summed E-state index contributed by atoms with van der Waals surface area (Å²) in [6.45, 7) is 4.81. The first kappa shape index (κ1) is 11.5. The van der Waals surface area contributed by atoms with E-state index in [0.29, 0.717) is 6.61 Å². The molecule has 14 heavy (non-hydrogen) atoms. The average molecular weight is 214 g/mol. The smallest absolute Gasteiger partial charge is 0.0744 e. The summed E-state index contributed by atoms with van der Waals surface area (Å²) >= 11 is 0. The molecule has 0 radical (unpaired) electrons. The van der Waals surface area contributed by atoms with Crippen molar-refractivity contribution in [3.8, 4) is 0 Å². The van der Waals surface area contributed by atoms with Gasteiger partial charge in [0.1, 0.15) is 0 Å². The minimum atomic E-state index is 0. The minimum absolute atomic E-state index is 0. The fourth-order valence-electron chi connectivity index (χ4n) is 1.73. The number of fused-ring (bicyclic) bond motifs is 1. The van der Waals surface area contributed by atoms with E-state index >= 15 is 0 Å². The monoisotopic (exact) mass is 213 g/mol. The molecule has 0 saturated heterocycles. The Hall–Kier alpha value is -0.570. The Balaban J connectivity index is 0.000000980. The molecule has 1 aliphatic heterocycles. The summed E-state index contributed by atoms with van der Waals surface area (Å²) in [6.07, 6.45) is 0.134. The van der Waals surface area contributed by atoms with Crippen LogP contribution in [0.2, 0.25) is 0 Å². The lowest BCUT2D eigenvalue weighted by atomic mass is 9.94. The lowest BCUT2D eigenvalue weighted by Crippen LogP contribution is -2.31. The summed E-state index contributed by atoms with van der Waals surface area (Å²) in [4.78, 5) is 0. The van der Waals surface area contributed by atoms with Crippen molar-refractivity contribution in [2.24, 2.45) is 5.73 Å². The third-order valence-corrected chi connectivity index (χ3v) is 2.67. The Kier molecular flexibility index (Phi) is 3.53. The second-order valence-corrected chi connectivity index (χ2v) is 3.74. The van der Waals surface area contributed by atoms with E-state index in [1.54, 1.807) is 0 Å². The van der Waals surface area contributed by atoms with Crippen LogP contribution in [0.3, 0.4) is 0 Å². The number of aryl methyl sites for hydroxylation is 1. The Morgan fingerprint density at radius 3 is 2.86 bits per heavy atom. The number of halogens is 1. The van der Waals surface area contributed by atoms with Crippen LogP contribution < -0.4 is 5.73 Å². The number of ether oxygens (including phenoxy) is 1. The Bertz CT molecular complexity index is 327. The van der Waals surface area contributed by atoms with Crippen LogP contribution in [0.4, 0.5) is 0 Å². The number of benzene rings is 1. The van der Waals surface area contributed by atoms with Crippen LogP contribution in [0.5, 0.6) is 0 Å². The molecule has 0 amide bonds. The molecule has 0 fully saturated rings. The van der Waals surface area contributed by atoms with Gasteiger partial charge in [0.2, 0.25) is 0 Å². The zero-order valence-electron chi connectivity index (χ0n) is 8.49. The van der Waals surface area contributed by atoms with Gasteiger partial charge in [-0.1, -0.05) is 23.8 Å². The first-order valence-electron chi connectivity index (χ1n) is 4.65. The number of hydrogen-bond donors (Lipinski definition) is 1. The van der Waals surface area contributed by atoms with Crippen LogP contribution in [0.1, 0.15) is 29.7 Å². The second kappa shape index (κ2) is 4.30. The molecular weight excluding hydrogens is 198 g/mol. The summed E-state index contributed by atoms with van der Waals surface area (Å²) in [7, 11) is 0. The van der Waals surface area contributed by atoms with Gasteiger partial charge in [-0.05, 0) is 25.0 Å². The van der Waals surface area contributed by atoms with E-state index in [-0.39, 0.29) is 24.6 Å². The van der Waals surface area contributed by atoms with Gasteiger partial charge in [0.25, 0.3) is 0 Å². The summed E-state index contributed by atoms with van der Waals surface area (Å²) in [5.41, 5.74) is 9.78. The highest BCUT2D eigenvalue weighted by molar-refractivity contribution is 5.85. The maximum absolute atomic E-state index is 6.03. The van der Waals surface area contributed by atoms with Gasteiger partial charge in [-0.25, -0.2) is 0 Å². The van der Waals surface area contributed by atoms with E-state index in [1.807, 2.05) is 6.92 Å². The van der Waals surface area contributed by atoms with E-state index in [9.17, 15) is 0 Å². The zero-order valence-corrected chi connectivity index (χ0v) is 9.30. The topological polar surface area (TPSA) is 35.2 Å². The largest absolute Gasteiger partial charge is 0.372 e. The molecule has 3 heteroatoms. The minimum Gasteiger partial charge on any atom is -0.372 e. The maximum atomic E-state index is 6.03. The Labute approximate surface area is 90.9 Å². The molecule has 1 aromatic carbocycles. The van der Waals surface area contributed by atoms with Crippen LogP contribution in [-0.2, 0) is 11.3 Å². The summed E-state index contributed by atoms with van der Waals surface area (Å²) in [6, 6.07) is 6.41. The molecule has 1 heterocycles. The van der Waals surface area contributed by atoms with Crippen LogP contribution in [0, 0.1) is 6.92 Å². The summed E-state index contributed by atoms with van der Waals surface area (Å²) in [5, 5.41) is 0. The molecule has 2 N–H and O–H groups in total. The lowest BCUT2D eigenvalue weighted by molar-refractivity contribution is 0.0213. The fourth-order valence-corrected chi connectivity index (χ4v) is 1.73. The van der Waals surface area contributed by atoms with Crippen molar-refractivity contribution in [1.29, 1.82) is 0 Å². The average Bonchev–Trinajstić information content (AvgIpc) is 2.12. The van der Waals surface area contributed by atoms with Gasteiger partial charge < -0.3 is 10.5 Å². The van der Waals surface area contributed by atoms with Crippen molar-refractivity contribution in [3.05, 3.63) is 34.9 Å². The molecule has 0 saturated carbocycles. The SMILES string of the molecule is Cc1ccc2c(c1)[C@@H](N)[C@H](C)OC2.Cl. The van der Waals surface area contributed by atoms with E-state index < -0.39 is 0 Å². The highest BCUT2D eigenvalue weighted by atomic mass is 35.5. The van der Waals surface area contributed by atoms with Gasteiger partial charge in [-0.3, -0.25) is 0 Å². The molecule has 2 atom stereocenters. The maximum Gasteiger partial charge on any atom is 0.0744 e. The van der Waals surface area contributed by atoms with Gasteiger partial charge in [-0.15, -0.1) is 12.4 Å². The molecule has 78 valence electrons. The molecule has 1 aliphatic rings. The van der Waals surface area contributed by atoms with E-state index in [0.717, 1.165) is 0 Å². The molecule has 0 aliphatic carbocycles. The molecule has 2 rings (SSSR count). The predicted octanol–water partition coefficient (Wildman–Crippen LogP) is 2.34.